The van der Waals surface area contributed by atoms with Gasteiger partial charge in [-0.3, -0.25) is 0 Å². The molecule has 5 rings (SSSR count). The van der Waals surface area contributed by atoms with Gasteiger partial charge in [0.1, 0.15) is 0 Å². The van der Waals surface area contributed by atoms with Gasteiger partial charge in [-0.15, -0.1) is 0 Å². The second-order valence-electron chi connectivity index (χ2n) is 9.26. The lowest BCUT2D eigenvalue weighted by molar-refractivity contribution is -0.0612. The first kappa shape index (κ1) is 17.3. The van der Waals surface area contributed by atoms with Crippen LogP contribution in [-0.4, -0.2) is 55.9 Å². The molecule has 0 aromatic heterocycles. The van der Waals surface area contributed by atoms with E-state index in [0.29, 0.717) is 19.6 Å². The van der Waals surface area contributed by atoms with Gasteiger partial charge in [-0.25, -0.2) is 0 Å². The Hall–Kier alpha value is -0.170. The van der Waals surface area contributed by atoms with Crippen LogP contribution in [0.4, 0.5) is 0 Å². The average molecular weight is 357 g/mol. The Morgan fingerprint density at radius 1 is 1.00 bits per heavy atom. The van der Waals surface area contributed by atoms with E-state index in [-0.39, 0.29) is 17.6 Å². The molecule has 4 aliphatic carbocycles. The SMILES string of the molecule is CC1CN(S(=O)(=O)N(C)CC23CC4CC(CC(C4)C2)C3)CC(C)O1. The van der Waals surface area contributed by atoms with Crippen molar-refractivity contribution < 1.29 is 13.2 Å². The van der Waals surface area contributed by atoms with Crippen LogP contribution in [0.25, 0.3) is 0 Å². The van der Waals surface area contributed by atoms with Crippen LogP contribution in [-0.2, 0) is 14.9 Å². The molecule has 5 nitrogen and oxygen atoms in total. The molecule has 0 radical (unpaired) electrons. The van der Waals surface area contributed by atoms with Crippen LogP contribution in [0.3, 0.4) is 0 Å². The maximum absolute atomic E-state index is 13.1. The highest BCUT2D eigenvalue weighted by atomic mass is 32.2. The van der Waals surface area contributed by atoms with E-state index < -0.39 is 10.2 Å². The highest BCUT2D eigenvalue weighted by Gasteiger charge is 2.52. The number of rotatable bonds is 4. The van der Waals surface area contributed by atoms with Gasteiger partial charge in [-0.2, -0.15) is 17.0 Å². The minimum absolute atomic E-state index is 0.0310. The smallest absolute Gasteiger partial charge is 0.281 e. The van der Waals surface area contributed by atoms with Crippen LogP contribution in [0, 0.1) is 23.2 Å². The van der Waals surface area contributed by atoms with Gasteiger partial charge in [-0.05, 0) is 75.5 Å². The first-order chi connectivity index (χ1) is 11.3. The lowest BCUT2D eigenvalue weighted by Crippen LogP contribution is -2.56. The van der Waals surface area contributed by atoms with Crippen molar-refractivity contribution in [3.8, 4) is 0 Å². The molecule has 2 atom stereocenters. The van der Waals surface area contributed by atoms with E-state index in [1.165, 1.54) is 38.5 Å². The van der Waals surface area contributed by atoms with Gasteiger partial charge in [0.25, 0.3) is 10.2 Å². The lowest BCUT2D eigenvalue weighted by Gasteiger charge is -2.57. The van der Waals surface area contributed by atoms with Gasteiger partial charge >= 0.3 is 0 Å². The highest BCUT2D eigenvalue weighted by molar-refractivity contribution is 7.86. The zero-order chi connectivity index (χ0) is 17.1. The summed E-state index contributed by atoms with van der Waals surface area (Å²) in [6, 6.07) is 0. The summed E-state index contributed by atoms with van der Waals surface area (Å²) < 4.78 is 35.2. The molecule has 6 heteroatoms. The summed E-state index contributed by atoms with van der Waals surface area (Å²) in [7, 11) is -1.59. The largest absolute Gasteiger partial charge is 0.373 e. The van der Waals surface area contributed by atoms with Crippen molar-refractivity contribution in [3.63, 3.8) is 0 Å². The zero-order valence-electron chi connectivity index (χ0n) is 15.3. The molecule has 4 bridgehead atoms. The van der Waals surface area contributed by atoms with E-state index in [1.54, 1.807) is 15.7 Å². The summed E-state index contributed by atoms with van der Waals surface area (Å²) >= 11 is 0. The van der Waals surface area contributed by atoms with Gasteiger partial charge in [-0.1, -0.05) is 0 Å². The fourth-order valence-corrected chi connectivity index (χ4v) is 8.18. The molecule has 1 heterocycles. The zero-order valence-corrected chi connectivity index (χ0v) is 16.1. The minimum Gasteiger partial charge on any atom is -0.373 e. The standard InChI is InChI=1S/C18H32N2O3S/c1-13-10-20(11-14(2)23-13)24(21,22)19(3)12-18-7-15-4-16(8-18)6-17(5-15)9-18/h13-17H,4-12H2,1-3H3. The maximum Gasteiger partial charge on any atom is 0.281 e. The van der Waals surface area contributed by atoms with Gasteiger partial charge in [0, 0.05) is 26.7 Å². The van der Waals surface area contributed by atoms with Crippen molar-refractivity contribution in [2.45, 2.75) is 64.6 Å². The average Bonchev–Trinajstić information content (AvgIpc) is 2.44. The van der Waals surface area contributed by atoms with Crippen LogP contribution < -0.4 is 0 Å². The third kappa shape index (κ3) is 3.04. The van der Waals surface area contributed by atoms with Gasteiger partial charge in [0.05, 0.1) is 12.2 Å². The summed E-state index contributed by atoms with van der Waals surface area (Å²) in [5, 5.41) is 0. The molecule has 0 N–H and O–H groups in total. The van der Waals surface area contributed by atoms with Crippen molar-refractivity contribution in [1.29, 1.82) is 0 Å². The quantitative estimate of drug-likeness (QED) is 0.778. The number of morpholine rings is 1. The summed E-state index contributed by atoms with van der Waals surface area (Å²) in [6.07, 6.45) is 7.86. The summed E-state index contributed by atoms with van der Waals surface area (Å²) in [4.78, 5) is 0. The van der Waals surface area contributed by atoms with Crippen molar-refractivity contribution >= 4 is 10.2 Å². The normalized spacial score (nSPS) is 45.9. The molecule has 1 saturated heterocycles. The maximum atomic E-state index is 13.1. The fraction of sp³-hybridized carbons (Fsp3) is 1.00. The van der Waals surface area contributed by atoms with Crippen molar-refractivity contribution in [2.75, 3.05) is 26.7 Å². The summed E-state index contributed by atoms with van der Waals surface area (Å²) in [5.41, 5.74) is 0.250. The number of ether oxygens (including phenoxy) is 1. The third-order valence-corrected chi connectivity index (χ3v) is 8.70. The second kappa shape index (κ2) is 5.93. The molecule has 2 unspecified atom stereocenters. The van der Waals surface area contributed by atoms with E-state index in [2.05, 4.69) is 0 Å². The lowest BCUT2D eigenvalue weighted by atomic mass is 9.49. The topological polar surface area (TPSA) is 49.9 Å². The van der Waals surface area contributed by atoms with E-state index in [4.69, 9.17) is 4.74 Å². The number of hydrogen-bond donors (Lipinski definition) is 0. The van der Waals surface area contributed by atoms with E-state index in [1.807, 2.05) is 13.8 Å². The molecule has 0 spiro atoms. The van der Waals surface area contributed by atoms with Crippen LogP contribution in [0.2, 0.25) is 0 Å². The molecule has 24 heavy (non-hydrogen) atoms. The number of nitrogens with zero attached hydrogens (tertiary/aromatic N) is 2. The Balaban J connectivity index is 1.48. The van der Waals surface area contributed by atoms with E-state index >= 15 is 0 Å². The molecule has 1 aliphatic heterocycles. The molecular weight excluding hydrogens is 324 g/mol. The van der Waals surface area contributed by atoms with Crippen molar-refractivity contribution in [3.05, 3.63) is 0 Å². The Kier molecular flexibility index (Phi) is 4.26. The minimum atomic E-state index is -3.38. The molecule has 0 aromatic rings. The Morgan fingerprint density at radius 2 is 1.46 bits per heavy atom. The van der Waals surface area contributed by atoms with Crippen LogP contribution in [0.1, 0.15) is 52.4 Å². The third-order valence-electron chi connectivity index (χ3n) is 6.83. The predicted molar refractivity (Wildman–Crippen MR) is 93.7 cm³/mol. The monoisotopic (exact) mass is 356 g/mol. The van der Waals surface area contributed by atoms with E-state index in [0.717, 1.165) is 17.8 Å². The molecule has 5 fully saturated rings. The fourth-order valence-electron chi connectivity index (χ4n) is 6.55. The summed E-state index contributed by atoms with van der Waals surface area (Å²) in [6.45, 7) is 5.56. The van der Waals surface area contributed by atoms with Gasteiger partial charge in [0.2, 0.25) is 0 Å². The molecule has 0 amide bonds. The molecule has 0 aromatic carbocycles. The first-order valence-electron chi connectivity index (χ1n) is 9.63. The Morgan fingerprint density at radius 3 is 1.92 bits per heavy atom. The van der Waals surface area contributed by atoms with Crippen LogP contribution in [0.15, 0.2) is 0 Å². The molecule has 5 aliphatic rings. The highest BCUT2D eigenvalue weighted by Crippen LogP contribution is 2.60. The van der Waals surface area contributed by atoms with Crippen molar-refractivity contribution in [1.82, 2.24) is 8.61 Å². The van der Waals surface area contributed by atoms with Gasteiger partial charge in [0.15, 0.2) is 0 Å². The number of hydrogen-bond acceptors (Lipinski definition) is 3. The van der Waals surface area contributed by atoms with E-state index in [9.17, 15) is 8.42 Å². The summed E-state index contributed by atoms with van der Waals surface area (Å²) in [5.74, 6) is 2.57. The van der Waals surface area contributed by atoms with Crippen LogP contribution >= 0.6 is 0 Å². The van der Waals surface area contributed by atoms with Gasteiger partial charge < -0.3 is 4.74 Å². The molecule has 138 valence electrons. The molecular formula is C18H32N2O3S. The Bertz CT molecular complexity index is 546. The Labute approximate surface area is 146 Å². The van der Waals surface area contributed by atoms with Crippen LogP contribution in [0.5, 0.6) is 0 Å². The second-order valence-corrected chi connectivity index (χ2v) is 11.3. The predicted octanol–water partition coefficient (Wildman–Crippen LogP) is 2.49. The van der Waals surface area contributed by atoms with Crippen molar-refractivity contribution in [2.24, 2.45) is 23.2 Å². The molecule has 4 saturated carbocycles. The first-order valence-corrected chi connectivity index (χ1v) is 11.0.